The fourth-order valence-electron chi connectivity index (χ4n) is 3.06. The molecule has 0 radical (unpaired) electrons. The molecule has 2 aromatic carbocycles. The number of alkyl halides is 3. The average Bonchev–Trinajstić information content (AvgIpc) is 3.34. The van der Waals surface area contributed by atoms with Gasteiger partial charge in [-0.15, -0.1) is 0 Å². The number of rotatable bonds is 4. The number of hydrazone groups is 1. The van der Waals surface area contributed by atoms with Crippen LogP contribution in [0.5, 0.6) is 0 Å². The SMILES string of the molecule is O=C1C(=Cc2ccc(-c3ccccc3[N+](=O)[O-])o2)C(C(F)(F)F)=NN1c1ccccc1. The van der Waals surface area contributed by atoms with Crippen LogP contribution < -0.4 is 5.01 Å². The van der Waals surface area contributed by atoms with E-state index in [4.69, 9.17) is 4.42 Å². The van der Waals surface area contributed by atoms with Crippen LogP contribution in [0.3, 0.4) is 0 Å². The van der Waals surface area contributed by atoms with Crippen molar-refractivity contribution in [3.8, 4) is 11.3 Å². The molecular weight excluding hydrogens is 415 g/mol. The number of benzene rings is 2. The zero-order valence-corrected chi connectivity index (χ0v) is 15.5. The predicted octanol–water partition coefficient (Wildman–Crippen LogP) is 5.20. The summed E-state index contributed by atoms with van der Waals surface area (Å²) in [6.07, 6.45) is -3.95. The zero-order chi connectivity index (χ0) is 22.2. The number of furan rings is 1. The lowest BCUT2D eigenvalue weighted by molar-refractivity contribution is -0.384. The summed E-state index contributed by atoms with van der Waals surface area (Å²) in [5.74, 6) is -0.972. The Labute approximate surface area is 172 Å². The lowest BCUT2D eigenvalue weighted by Gasteiger charge is -2.10. The van der Waals surface area contributed by atoms with Gasteiger partial charge in [0.05, 0.1) is 21.7 Å². The molecule has 10 heteroatoms. The minimum Gasteiger partial charge on any atom is -0.456 e. The van der Waals surface area contributed by atoms with Crippen molar-refractivity contribution in [2.45, 2.75) is 6.18 Å². The Kier molecular flexibility index (Phi) is 4.90. The average molecular weight is 427 g/mol. The van der Waals surface area contributed by atoms with Gasteiger partial charge in [-0.25, -0.2) is 0 Å². The molecule has 1 aromatic heterocycles. The molecule has 0 bridgehead atoms. The molecule has 7 nitrogen and oxygen atoms in total. The van der Waals surface area contributed by atoms with Crippen LogP contribution in [-0.4, -0.2) is 22.7 Å². The van der Waals surface area contributed by atoms with Gasteiger partial charge in [-0.05, 0) is 36.4 Å². The maximum Gasteiger partial charge on any atom is 0.435 e. The van der Waals surface area contributed by atoms with Crippen molar-refractivity contribution in [2.24, 2.45) is 5.10 Å². The number of carbonyl (C=O) groups is 1. The smallest absolute Gasteiger partial charge is 0.435 e. The Morgan fingerprint density at radius 3 is 2.35 bits per heavy atom. The number of carbonyl (C=O) groups excluding carboxylic acids is 1. The highest BCUT2D eigenvalue weighted by Crippen LogP contribution is 2.34. The number of hydrogen-bond donors (Lipinski definition) is 0. The van der Waals surface area contributed by atoms with Crippen molar-refractivity contribution < 1.29 is 27.3 Å². The van der Waals surface area contributed by atoms with Crippen LogP contribution in [0.4, 0.5) is 24.5 Å². The highest BCUT2D eigenvalue weighted by molar-refractivity contribution is 6.34. The fourth-order valence-corrected chi connectivity index (χ4v) is 3.06. The van der Waals surface area contributed by atoms with E-state index in [0.717, 1.165) is 6.08 Å². The van der Waals surface area contributed by atoms with Crippen LogP contribution in [0.15, 0.2) is 81.8 Å². The van der Waals surface area contributed by atoms with E-state index in [-0.39, 0.29) is 28.5 Å². The van der Waals surface area contributed by atoms with Crippen LogP contribution in [0, 0.1) is 10.1 Å². The maximum atomic E-state index is 13.5. The van der Waals surface area contributed by atoms with E-state index in [1.165, 1.54) is 42.5 Å². The van der Waals surface area contributed by atoms with E-state index in [0.29, 0.717) is 5.01 Å². The lowest BCUT2D eigenvalue weighted by atomic mass is 10.1. The molecule has 1 amide bonds. The van der Waals surface area contributed by atoms with E-state index < -0.39 is 28.3 Å². The maximum absolute atomic E-state index is 13.5. The number of anilines is 1. The number of amides is 1. The molecule has 1 aliphatic heterocycles. The molecule has 1 aliphatic rings. The van der Waals surface area contributed by atoms with E-state index in [1.807, 2.05) is 0 Å². The molecule has 0 fully saturated rings. The number of halogens is 3. The number of nitro benzene ring substituents is 1. The monoisotopic (exact) mass is 427 g/mol. The van der Waals surface area contributed by atoms with Gasteiger partial charge in [-0.3, -0.25) is 14.9 Å². The van der Waals surface area contributed by atoms with E-state index in [1.54, 1.807) is 24.3 Å². The molecule has 0 saturated heterocycles. The molecule has 2 heterocycles. The van der Waals surface area contributed by atoms with Crippen molar-refractivity contribution in [3.63, 3.8) is 0 Å². The Morgan fingerprint density at radius 1 is 1.00 bits per heavy atom. The van der Waals surface area contributed by atoms with Gasteiger partial charge in [0.1, 0.15) is 11.5 Å². The largest absolute Gasteiger partial charge is 0.456 e. The van der Waals surface area contributed by atoms with Crippen molar-refractivity contribution >= 4 is 29.1 Å². The molecule has 3 aromatic rings. The summed E-state index contributed by atoms with van der Waals surface area (Å²) in [5, 5.41) is 15.3. The van der Waals surface area contributed by atoms with E-state index in [9.17, 15) is 28.1 Å². The molecule has 0 N–H and O–H groups in total. The van der Waals surface area contributed by atoms with Gasteiger partial charge in [-0.1, -0.05) is 30.3 Å². The molecular formula is C21H12F3N3O4. The van der Waals surface area contributed by atoms with Gasteiger partial charge in [-0.2, -0.15) is 23.3 Å². The Hall–Kier alpha value is -4.21. The van der Waals surface area contributed by atoms with Gasteiger partial charge in [0, 0.05) is 6.07 Å². The van der Waals surface area contributed by atoms with E-state index >= 15 is 0 Å². The molecule has 156 valence electrons. The Bertz CT molecular complexity index is 1230. The number of hydrogen-bond acceptors (Lipinski definition) is 5. The zero-order valence-electron chi connectivity index (χ0n) is 15.5. The second-order valence-corrected chi connectivity index (χ2v) is 6.43. The van der Waals surface area contributed by atoms with Crippen LogP contribution in [0.2, 0.25) is 0 Å². The second kappa shape index (κ2) is 7.56. The third-order valence-electron chi connectivity index (χ3n) is 4.43. The first-order chi connectivity index (χ1) is 14.8. The summed E-state index contributed by atoms with van der Waals surface area (Å²) in [4.78, 5) is 23.3. The number of nitro groups is 1. The highest BCUT2D eigenvalue weighted by Gasteiger charge is 2.47. The molecule has 0 aliphatic carbocycles. The van der Waals surface area contributed by atoms with Gasteiger partial charge in [0.15, 0.2) is 5.71 Å². The van der Waals surface area contributed by atoms with Crippen molar-refractivity contribution in [2.75, 3.05) is 5.01 Å². The third-order valence-corrected chi connectivity index (χ3v) is 4.43. The molecule has 0 atom stereocenters. The van der Waals surface area contributed by atoms with Gasteiger partial charge >= 0.3 is 6.18 Å². The molecule has 4 rings (SSSR count). The van der Waals surface area contributed by atoms with Crippen LogP contribution in [0.25, 0.3) is 17.4 Å². The van der Waals surface area contributed by atoms with Crippen molar-refractivity contribution in [1.29, 1.82) is 0 Å². The van der Waals surface area contributed by atoms with Gasteiger partial charge in [0.2, 0.25) is 0 Å². The van der Waals surface area contributed by atoms with Crippen LogP contribution >= 0.6 is 0 Å². The fraction of sp³-hybridized carbons (Fsp3) is 0.0476. The van der Waals surface area contributed by atoms with Crippen molar-refractivity contribution in [3.05, 3.63) is 88.2 Å². The quantitative estimate of drug-likeness (QED) is 0.325. The van der Waals surface area contributed by atoms with Crippen LogP contribution in [-0.2, 0) is 4.79 Å². The summed E-state index contributed by atoms with van der Waals surface area (Å²) < 4.78 is 46.1. The predicted molar refractivity (Wildman–Crippen MR) is 106 cm³/mol. The standard InChI is InChI=1S/C21H12F3N3O4/c22-21(23,24)19-16(20(28)26(25-19)13-6-2-1-3-7-13)12-14-10-11-18(31-14)15-8-4-5-9-17(15)27(29)30/h1-12H. The minimum atomic E-state index is -4.88. The number of para-hydroxylation sites is 2. The molecule has 0 saturated carbocycles. The molecule has 0 unspecified atom stereocenters. The first kappa shape index (κ1) is 20.1. The van der Waals surface area contributed by atoms with Gasteiger partial charge in [0.25, 0.3) is 11.6 Å². The third kappa shape index (κ3) is 3.82. The normalized spacial score (nSPS) is 15.5. The summed E-state index contributed by atoms with van der Waals surface area (Å²) in [6.45, 7) is 0. The molecule has 0 spiro atoms. The van der Waals surface area contributed by atoms with Crippen molar-refractivity contribution in [1.82, 2.24) is 0 Å². The summed E-state index contributed by atoms with van der Waals surface area (Å²) >= 11 is 0. The highest BCUT2D eigenvalue weighted by atomic mass is 19.4. The minimum absolute atomic E-state index is 0.0787. The van der Waals surface area contributed by atoms with Crippen LogP contribution in [0.1, 0.15) is 5.76 Å². The summed E-state index contributed by atoms with van der Waals surface area (Å²) in [7, 11) is 0. The summed E-state index contributed by atoms with van der Waals surface area (Å²) in [5.41, 5.74) is -1.94. The summed E-state index contributed by atoms with van der Waals surface area (Å²) in [6, 6.07) is 16.2. The Morgan fingerprint density at radius 2 is 1.68 bits per heavy atom. The first-order valence-electron chi connectivity index (χ1n) is 8.86. The van der Waals surface area contributed by atoms with Gasteiger partial charge < -0.3 is 4.42 Å². The molecule has 31 heavy (non-hydrogen) atoms. The Balaban J connectivity index is 1.74. The number of nitrogens with zero attached hydrogens (tertiary/aromatic N) is 3. The first-order valence-corrected chi connectivity index (χ1v) is 8.86. The van der Waals surface area contributed by atoms with E-state index in [2.05, 4.69) is 5.10 Å². The topological polar surface area (TPSA) is 88.9 Å². The lowest BCUT2D eigenvalue weighted by Crippen LogP contribution is -2.25. The second-order valence-electron chi connectivity index (χ2n) is 6.43.